The van der Waals surface area contributed by atoms with Crippen molar-refractivity contribution in [2.75, 3.05) is 38.4 Å². The van der Waals surface area contributed by atoms with E-state index in [-0.39, 0.29) is 12.5 Å². The Morgan fingerprint density at radius 3 is 2.53 bits per heavy atom. The van der Waals surface area contributed by atoms with E-state index >= 15 is 0 Å². The zero-order chi connectivity index (χ0) is 21.3. The van der Waals surface area contributed by atoms with Crippen molar-refractivity contribution >= 4 is 17.3 Å². The summed E-state index contributed by atoms with van der Waals surface area (Å²) in [5.74, 6) is 1.12. The van der Waals surface area contributed by atoms with E-state index in [2.05, 4.69) is 34.7 Å². The molecule has 2 aromatic carbocycles. The molecule has 0 radical (unpaired) electrons. The predicted molar refractivity (Wildman–Crippen MR) is 121 cm³/mol. The van der Waals surface area contributed by atoms with E-state index in [0.29, 0.717) is 23.2 Å². The first-order valence-corrected chi connectivity index (χ1v) is 10.6. The summed E-state index contributed by atoms with van der Waals surface area (Å²) >= 11 is 0. The van der Waals surface area contributed by atoms with Gasteiger partial charge in [-0.3, -0.25) is 9.69 Å². The van der Waals surface area contributed by atoms with Crippen molar-refractivity contribution in [2.45, 2.75) is 44.7 Å². The molecule has 1 aliphatic rings. The molecule has 0 atom stereocenters. The number of carbonyl (C=O) groups excluding carboxylic acids is 1. The third-order valence-corrected chi connectivity index (χ3v) is 5.76. The van der Waals surface area contributed by atoms with Gasteiger partial charge in [0.1, 0.15) is 11.5 Å². The number of nitrogens with one attached hydrogen (secondary N) is 2. The Bertz CT molecular complexity index is 834. The number of hydrogen-bond donors (Lipinski definition) is 2. The largest absolute Gasteiger partial charge is 0.497 e. The molecule has 2 N–H and O–H groups in total. The lowest BCUT2D eigenvalue weighted by molar-refractivity contribution is -0.114. The molecule has 30 heavy (non-hydrogen) atoms. The minimum absolute atomic E-state index is 0.131. The van der Waals surface area contributed by atoms with Crippen LogP contribution in [0.2, 0.25) is 0 Å². The Hall–Kier alpha value is -2.73. The van der Waals surface area contributed by atoms with Crippen LogP contribution in [0.3, 0.4) is 0 Å². The maximum atomic E-state index is 12.5. The average Bonchev–Trinajstić information content (AvgIpc) is 2.79. The van der Waals surface area contributed by atoms with Crippen LogP contribution in [0.4, 0.5) is 11.4 Å². The van der Waals surface area contributed by atoms with Crippen LogP contribution in [0, 0.1) is 0 Å². The van der Waals surface area contributed by atoms with E-state index in [1.54, 1.807) is 32.4 Å². The summed E-state index contributed by atoms with van der Waals surface area (Å²) in [5.41, 5.74) is 2.83. The minimum atomic E-state index is -0.131. The van der Waals surface area contributed by atoms with Gasteiger partial charge in [0.25, 0.3) is 0 Å². The molecule has 162 valence electrons. The predicted octanol–water partition coefficient (Wildman–Crippen LogP) is 4.52. The minimum Gasteiger partial charge on any atom is -0.497 e. The van der Waals surface area contributed by atoms with E-state index in [4.69, 9.17) is 9.47 Å². The smallest absolute Gasteiger partial charge is 0.243 e. The van der Waals surface area contributed by atoms with Crippen molar-refractivity contribution in [1.82, 2.24) is 4.90 Å². The fourth-order valence-electron chi connectivity index (χ4n) is 4.02. The zero-order valence-electron chi connectivity index (χ0n) is 18.2. The lowest BCUT2D eigenvalue weighted by Gasteiger charge is -2.31. The summed E-state index contributed by atoms with van der Waals surface area (Å²) in [6, 6.07) is 14.2. The second kappa shape index (κ2) is 10.9. The Labute approximate surface area is 179 Å². The molecule has 1 amide bonds. The van der Waals surface area contributed by atoms with Gasteiger partial charge in [-0.15, -0.1) is 0 Å². The van der Waals surface area contributed by atoms with Gasteiger partial charge in [-0.25, -0.2) is 0 Å². The molecule has 0 spiro atoms. The van der Waals surface area contributed by atoms with Crippen molar-refractivity contribution in [3.63, 3.8) is 0 Å². The van der Waals surface area contributed by atoms with Crippen LogP contribution in [-0.4, -0.2) is 44.7 Å². The van der Waals surface area contributed by atoms with Crippen molar-refractivity contribution in [1.29, 1.82) is 0 Å². The molecule has 1 saturated carbocycles. The van der Waals surface area contributed by atoms with Crippen LogP contribution >= 0.6 is 0 Å². The van der Waals surface area contributed by atoms with E-state index in [1.165, 1.54) is 37.7 Å². The van der Waals surface area contributed by atoms with Crippen LogP contribution in [0.5, 0.6) is 11.5 Å². The number of nitrogens with zero attached hydrogens (tertiary/aromatic N) is 1. The summed E-state index contributed by atoms with van der Waals surface area (Å²) in [6.07, 6.45) is 6.56. The second-order valence-corrected chi connectivity index (χ2v) is 7.83. The molecule has 0 aliphatic heterocycles. The zero-order valence-corrected chi connectivity index (χ0v) is 18.2. The summed E-state index contributed by atoms with van der Waals surface area (Å²) in [5, 5.41) is 6.20. The van der Waals surface area contributed by atoms with E-state index in [9.17, 15) is 4.79 Å². The highest BCUT2D eigenvalue weighted by atomic mass is 16.5. The number of hydrogen-bond acceptors (Lipinski definition) is 5. The molecule has 1 fully saturated rings. The summed E-state index contributed by atoms with van der Waals surface area (Å²) in [7, 11) is 5.37. The molecule has 0 bridgehead atoms. The standard InChI is InChI=1S/C24H33N3O3/c1-27(19-10-5-4-6-11-19)17-18-9-7-8-12-21(18)25-16-24(28)26-22-14-13-20(29-2)15-23(22)30-3/h7-9,12-15,19,25H,4-6,10-11,16-17H2,1-3H3,(H,26,28). The summed E-state index contributed by atoms with van der Waals surface area (Å²) < 4.78 is 10.6. The molecule has 0 saturated heterocycles. The molecule has 0 heterocycles. The Kier molecular flexibility index (Phi) is 7.97. The maximum Gasteiger partial charge on any atom is 0.243 e. The summed E-state index contributed by atoms with van der Waals surface area (Å²) in [6.45, 7) is 1.06. The lowest BCUT2D eigenvalue weighted by atomic mass is 9.94. The van der Waals surface area contributed by atoms with Crippen LogP contribution in [0.25, 0.3) is 0 Å². The van der Waals surface area contributed by atoms with E-state index in [0.717, 1.165) is 12.2 Å². The van der Waals surface area contributed by atoms with Gasteiger partial charge in [-0.2, -0.15) is 0 Å². The number of rotatable bonds is 9. The topological polar surface area (TPSA) is 62.8 Å². The van der Waals surface area contributed by atoms with Gasteiger partial charge in [0.2, 0.25) is 5.91 Å². The van der Waals surface area contributed by atoms with Crippen molar-refractivity contribution in [2.24, 2.45) is 0 Å². The van der Waals surface area contributed by atoms with E-state index in [1.807, 2.05) is 12.1 Å². The van der Waals surface area contributed by atoms with Gasteiger partial charge in [-0.1, -0.05) is 37.5 Å². The number of carbonyl (C=O) groups is 1. The van der Waals surface area contributed by atoms with Gasteiger partial charge in [0, 0.05) is 24.3 Å². The first-order chi connectivity index (χ1) is 14.6. The highest BCUT2D eigenvalue weighted by molar-refractivity contribution is 5.95. The van der Waals surface area contributed by atoms with Crippen LogP contribution in [0.1, 0.15) is 37.7 Å². The van der Waals surface area contributed by atoms with Gasteiger partial charge in [0.15, 0.2) is 0 Å². The maximum absolute atomic E-state index is 12.5. The number of methoxy groups -OCH3 is 2. The van der Waals surface area contributed by atoms with Crippen molar-refractivity contribution < 1.29 is 14.3 Å². The van der Waals surface area contributed by atoms with Gasteiger partial charge < -0.3 is 20.1 Å². The quantitative estimate of drug-likeness (QED) is 0.635. The molecule has 3 rings (SSSR count). The van der Waals surface area contributed by atoms with Gasteiger partial charge in [0.05, 0.1) is 26.5 Å². The third-order valence-electron chi connectivity index (χ3n) is 5.76. The fraction of sp³-hybridized carbons (Fsp3) is 0.458. The highest BCUT2D eigenvalue weighted by Gasteiger charge is 2.19. The van der Waals surface area contributed by atoms with Crippen molar-refractivity contribution in [3.05, 3.63) is 48.0 Å². The normalized spacial score (nSPS) is 14.4. The molecule has 0 unspecified atom stereocenters. The number of anilines is 2. The first kappa shape index (κ1) is 22.0. The van der Waals surface area contributed by atoms with E-state index < -0.39 is 0 Å². The monoisotopic (exact) mass is 411 g/mol. The molecule has 6 heteroatoms. The Morgan fingerprint density at radius 2 is 1.80 bits per heavy atom. The van der Waals surface area contributed by atoms with Gasteiger partial charge in [-0.05, 0) is 43.7 Å². The molecule has 2 aromatic rings. The average molecular weight is 412 g/mol. The lowest BCUT2D eigenvalue weighted by Crippen LogP contribution is -2.33. The molecule has 1 aliphatic carbocycles. The third kappa shape index (κ3) is 5.89. The molecule has 6 nitrogen and oxygen atoms in total. The Morgan fingerprint density at radius 1 is 1.03 bits per heavy atom. The van der Waals surface area contributed by atoms with Crippen LogP contribution in [0.15, 0.2) is 42.5 Å². The van der Waals surface area contributed by atoms with Crippen LogP contribution in [-0.2, 0) is 11.3 Å². The highest BCUT2D eigenvalue weighted by Crippen LogP contribution is 2.29. The number of amides is 1. The number of benzene rings is 2. The molecule has 0 aromatic heterocycles. The van der Waals surface area contributed by atoms with Gasteiger partial charge >= 0.3 is 0 Å². The molecular formula is C24H33N3O3. The number of ether oxygens (including phenoxy) is 2. The van der Waals surface area contributed by atoms with Crippen molar-refractivity contribution in [3.8, 4) is 11.5 Å². The molecular weight excluding hydrogens is 378 g/mol. The SMILES string of the molecule is COc1ccc(NC(=O)CNc2ccccc2CN(C)C2CCCCC2)c(OC)c1. The first-order valence-electron chi connectivity index (χ1n) is 10.6. The second-order valence-electron chi connectivity index (χ2n) is 7.83. The summed E-state index contributed by atoms with van der Waals surface area (Å²) in [4.78, 5) is 15.0. The fourth-order valence-corrected chi connectivity index (χ4v) is 4.02. The Balaban J connectivity index is 1.58. The van der Waals surface area contributed by atoms with Crippen LogP contribution < -0.4 is 20.1 Å². The number of para-hydroxylation sites is 1.